The highest BCUT2D eigenvalue weighted by Gasteiger charge is 2.31. The van der Waals surface area contributed by atoms with E-state index in [4.69, 9.17) is 0 Å². The Morgan fingerprint density at radius 2 is 1.80 bits per heavy atom. The third-order valence-electron chi connectivity index (χ3n) is 4.13. The molecule has 0 saturated heterocycles. The Morgan fingerprint density at radius 3 is 2.33 bits per heavy atom. The minimum Gasteiger partial charge on any atom is -0.374 e. The van der Waals surface area contributed by atoms with E-state index in [9.17, 15) is 31.1 Å². The van der Waals surface area contributed by atoms with Crippen LogP contribution in [0.3, 0.4) is 0 Å². The summed E-state index contributed by atoms with van der Waals surface area (Å²) in [4.78, 5) is 17.5. The van der Waals surface area contributed by atoms with Gasteiger partial charge in [-0.25, -0.2) is 18.2 Å². The molecular formula is C20H17F6N3O. The van der Waals surface area contributed by atoms with E-state index in [2.05, 4.69) is 16.9 Å². The van der Waals surface area contributed by atoms with Crippen LogP contribution in [0.5, 0.6) is 0 Å². The molecule has 0 aliphatic heterocycles. The lowest BCUT2D eigenvalue weighted by Crippen LogP contribution is -2.19. The van der Waals surface area contributed by atoms with Gasteiger partial charge in [-0.2, -0.15) is 13.2 Å². The maximum atomic E-state index is 13.7. The number of hydrogen-bond donors (Lipinski definition) is 1. The van der Waals surface area contributed by atoms with Gasteiger partial charge in [0.2, 0.25) is 0 Å². The van der Waals surface area contributed by atoms with Gasteiger partial charge in [-0.1, -0.05) is 6.58 Å². The predicted octanol–water partition coefficient (Wildman–Crippen LogP) is 5.16. The summed E-state index contributed by atoms with van der Waals surface area (Å²) in [5.41, 5.74) is -1.72. The Hall–Kier alpha value is -3.30. The number of carbonyl (C=O) groups is 1. The van der Waals surface area contributed by atoms with Crippen LogP contribution in [0.1, 0.15) is 22.8 Å². The summed E-state index contributed by atoms with van der Waals surface area (Å²) in [7, 11) is 1.57. The van der Waals surface area contributed by atoms with Crippen LogP contribution < -0.4 is 5.32 Å². The van der Waals surface area contributed by atoms with Crippen molar-refractivity contribution in [3.05, 3.63) is 77.3 Å². The van der Waals surface area contributed by atoms with Crippen molar-refractivity contribution in [3.63, 3.8) is 0 Å². The third-order valence-corrected chi connectivity index (χ3v) is 4.13. The van der Waals surface area contributed by atoms with E-state index in [1.54, 1.807) is 14.0 Å². The molecule has 2 aromatic rings. The van der Waals surface area contributed by atoms with Crippen LogP contribution in [0.4, 0.5) is 32.2 Å². The third kappa shape index (κ3) is 5.19. The van der Waals surface area contributed by atoms with Crippen LogP contribution in [-0.4, -0.2) is 35.6 Å². The quantitative estimate of drug-likeness (QED) is 0.392. The van der Waals surface area contributed by atoms with Crippen molar-refractivity contribution in [2.24, 2.45) is 0 Å². The lowest BCUT2D eigenvalue weighted by atomic mass is 10.1. The minimum atomic E-state index is -4.61. The van der Waals surface area contributed by atoms with E-state index < -0.39 is 40.7 Å². The Labute approximate surface area is 168 Å². The van der Waals surface area contributed by atoms with Gasteiger partial charge in [0.1, 0.15) is 17.2 Å². The van der Waals surface area contributed by atoms with Gasteiger partial charge >= 0.3 is 6.18 Å². The number of pyridine rings is 1. The lowest BCUT2D eigenvalue weighted by Gasteiger charge is -2.22. The first-order valence-corrected chi connectivity index (χ1v) is 8.55. The molecule has 0 radical (unpaired) electrons. The predicted molar refractivity (Wildman–Crippen MR) is 100.0 cm³/mol. The first kappa shape index (κ1) is 23.0. The molecule has 160 valence electrons. The fourth-order valence-corrected chi connectivity index (χ4v) is 2.36. The Balaban J connectivity index is 2.31. The average molecular weight is 429 g/mol. The summed E-state index contributed by atoms with van der Waals surface area (Å²) in [6.45, 7) is 5.13. The molecule has 1 aromatic carbocycles. The number of nitrogens with zero attached hydrogens (tertiary/aromatic N) is 2. The number of nitrogens with one attached hydrogen (secondary N) is 1. The molecule has 0 unspecified atom stereocenters. The summed E-state index contributed by atoms with van der Waals surface area (Å²) in [5, 5.41) is 2.11. The van der Waals surface area contributed by atoms with Gasteiger partial charge in [0.25, 0.3) is 5.91 Å². The molecule has 30 heavy (non-hydrogen) atoms. The number of alkyl halides is 3. The molecule has 10 heteroatoms. The molecule has 0 saturated carbocycles. The second-order valence-electron chi connectivity index (χ2n) is 6.17. The maximum Gasteiger partial charge on any atom is 0.415 e. The van der Waals surface area contributed by atoms with Crippen molar-refractivity contribution in [1.29, 1.82) is 0 Å². The second-order valence-corrected chi connectivity index (χ2v) is 6.17. The molecule has 1 amide bonds. The Bertz CT molecular complexity index is 983. The van der Waals surface area contributed by atoms with Crippen LogP contribution in [0.15, 0.2) is 48.7 Å². The summed E-state index contributed by atoms with van der Waals surface area (Å²) in [5.74, 6) is -5.71. The molecule has 0 fully saturated rings. The van der Waals surface area contributed by atoms with Gasteiger partial charge in [0.05, 0.1) is 5.57 Å². The Kier molecular flexibility index (Phi) is 6.91. The van der Waals surface area contributed by atoms with E-state index >= 15 is 0 Å². The van der Waals surface area contributed by atoms with Crippen molar-refractivity contribution in [3.8, 4) is 0 Å². The summed E-state index contributed by atoms with van der Waals surface area (Å²) in [6, 6.07) is 3.75. The van der Waals surface area contributed by atoms with E-state index in [0.717, 1.165) is 6.08 Å². The highest BCUT2D eigenvalue weighted by Crippen LogP contribution is 2.29. The minimum absolute atomic E-state index is 0.139. The SMILES string of the molecule is C=C(/C=C(/c1ccc(NC(=O)c2c(F)ccc(F)c2F)nc1)N(C)CC)C(F)(F)F. The number of allylic oxidation sites excluding steroid dienone is 2. The van der Waals surface area contributed by atoms with Crippen molar-refractivity contribution in [1.82, 2.24) is 9.88 Å². The average Bonchev–Trinajstić information content (AvgIpc) is 2.68. The molecule has 4 nitrogen and oxygen atoms in total. The van der Waals surface area contributed by atoms with Crippen LogP contribution >= 0.6 is 0 Å². The maximum absolute atomic E-state index is 13.7. The number of hydrogen-bond acceptors (Lipinski definition) is 3. The zero-order valence-electron chi connectivity index (χ0n) is 15.9. The van der Waals surface area contributed by atoms with E-state index in [0.29, 0.717) is 18.7 Å². The molecule has 1 heterocycles. The van der Waals surface area contributed by atoms with Crippen molar-refractivity contribution < 1.29 is 31.1 Å². The number of amides is 1. The molecule has 0 spiro atoms. The Morgan fingerprint density at radius 1 is 1.17 bits per heavy atom. The molecule has 0 atom stereocenters. The number of carbonyl (C=O) groups excluding carboxylic acids is 1. The first-order valence-electron chi connectivity index (χ1n) is 8.55. The lowest BCUT2D eigenvalue weighted by molar-refractivity contribution is -0.0878. The monoisotopic (exact) mass is 429 g/mol. The van der Waals surface area contributed by atoms with Crippen molar-refractivity contribution in [2.75, 3.05) is 18.9 Å². The van der Waals surface area contributed by atoms with Crippen LogP contribution in [0.2, 0.25) is 0 Å². The summed E-state index contributed by atoms with van der Waals surface area (Å²) >= 11 is 0. The van der Waals surface area contributed by atoms with E-state index in [1.165, 1.54) is 23.2 Å². The molecule has 2 rings (SSSR count). The molecule has 1 aromatic heterocycles. The largest absolute Gasteiger partial charge is 0.415 e. The summed E-state index contributed by atoms with van der Waals surface area (Å²) < 4.78 is 79.2. The van der Waals surface area contributed by atoms with E-state index in [-0.39, 0.29) is 17.1 Å². The smallest absolute Gasteiger partial charge is 0.374 e. The van der Waals surface area contributed by atoms with Gasteiger partial charge < -0.3 is 10.2 Å². The van der Waals surface area contributed by atoms with Gasteiger partial charge in [0, 0.05) is 31.0 Å². The van der Waals surface area contributed by atoms with Crippen molar-refractivity contribution >= 4 is 17.4 Å². The van der Waals surface area contributed by atoms with Gasteiger partial charge in [-0.05, 0) is 37.3 Å². The number of aromatic nitrogens is 1. The van der Waals surface area contributed by atoms with Crippen LogP contribution in [0.25, 0.3) is 5.70 Å². The fourth-order valence-electron chi connectivity index (χ4n) is 2.36. The van der Waals surface area contributed by atoms with Crippen LogP contribution in [0, 0.1) is 17.5 Å². The number of rotatable bonds is 6. The molecule has 0 aliphatic rings. The first-order chi connectivity index (χ1) is 14.0. The number of anilines is 1. The second kappa shape index (κ2) is 9.02. The summed E-state index contributed by atoms with van der Waals surface area (Å²) in [6.07, 6.45) is -2.58. The van der Waals surface area contributed by atoms with E-state index in [1.807, 2.05) is 0 Å². The topological polar surface area (TPSA) is 45.2 Å². The highest BCUT2D eigenvalue weighted by atomic mass is 19.4. The zero-order chi connectivity index (χ0) is 22.6. The molecular weight excluding hydrogens is 412 g/mol. The normalized spacial score (nSPS) is 11.9. The molecule has 1 N–H and O–H groups in total. The van der Waals surface area contributed by atoms with Crippen molar-refractivity contribution in [2.45, 2.75) is 13.1 Å². The van der Waals surface area contributed by atoms with Gasteiger partial charge in [0.15, 0.2) is 11.6 Å². The molecule has 0 aliphatic carbocycles. The highest BCUT2D eigenvalue weighted by molar-refractivity contribution is 6.04. The van der Waals surface area contributed by atoms with Gasteiger partial charge in [-0.15, -0.1) is 0 Å². The number of benzene rings is 1. The van der Waals surface area contributed by atoms with Gasteiger partial charge in [-0.3, -0.25) is 4.79 Å². The standard InChI is InChI=1S/C20H17F6N3O/c1-4-29(3)15(9-11(2)20(24,25)26)12-5-8-16(27-10-12)28-19(30)17-13(21)6-7-14(22)18(17)23/h5-10H,2,4H2,1,3H3,(H,27,28,30)/b15-9-. The fraction of sp³-hybridized carbons (Fsp3) is 0.200. The zero-order valence-corrected chi connectivity index (χ0v) is 15.9. The molecule has 0 bridgehead atoms. The van der Waals surface area contributed by atoms with Crippen LogP contribution in [-0.2, 0) is 0 Å². The number of halogens is 6.